The normalized spacial score (nSPS) is 31.6. The van der Waals surface area contributed by atoms with Crippen molar-refractivity contribution in [3.8, 4) is 0 Å². The average Bonchev–Trinajstić information content (AvgIpc) is 2.91. The van der Waals surface area contributed by atoms with E-state index in [4.69, 9.17) is 13.9 Å². The van der Waals surface area contributed by atoms with Gasteiger partial charge in [0.1, 0.15) is 5.78 Å². The molecule has 0 radical (unpaired) electrons. The van der Waals surface area contributed by atoms with E-state index >= 15 is 0 Å². The fourth-order valence-electron chi connectivity index (χ4n) is 3.74. The summed E-state index contributed by atoms with van der Waals surface area (Å²) in [7, 11) is -0.165. The third kappa shape index (κ3) is 4.29. The Morgan fingerprint density at radius 3 is 2.29 bits per heavy atom. The molecule has 0 aliphatic heterocycles. The molecule has 0 spiro atoms. The molecule has 140 valence electrons. The lowest BCUT2D eigenvalue weighted by molar-refractivity contribution is -0.208. The summed E-state index contributed by atoms with van der Waals surface area (Å²) in [6.07, 6.45) is 2.64. The molecule has 0 aromatic rings. The molecule has 4 atom stereocenters. The van der Waals surface area contributed by atoms with Crippen molar-refractivity contribution in [2.75, 3.05) is 13.7 Å². The summed E-state index contributed by atoms with van der Waals surface area (Å²) in [6.45, 7) is 15.9. The van der Waals surface area contributed by atoms with E-state index in [1.54, 1.807) is 7.11 Å². The minimum absolute atomic E-state index is 0.192. The van der Waals surface area contributed by atoms with Crippen LogP contribution in [0.3, 0.4) is 0 Å². The van der Waals surface area contributed by atoms with Gasteiger partial charge in [0.15, 0.2) is 14.1 Å². The van der Waals surface area contributed by atoms with Gasteiger partial charge >= 0.3 is 0 Å². The number of ether oxygens (including phenoxy) is 2. The summed E-state index contributed by atoms with van der Waals surface area (Å²) in [4.78, 5) is 11.9. The molecule has 0 aromatic carbocycles. The number of hydrogen-bond acceptors (Lipinski definition) is 4. The summed E-state index contributed by atoms with van der Waals surface area (Å²) in [5.41, 5.74) is 0. The Labute approximate surface area is 148 Å². The van der Waals surface area contributed by atoms with Crippen LogP contribution in [0.2, 0.25) is 18.1 Å². The number of methoxy groups -OCH3 is 1. The second kappa shape index (κ2) is 6.82. The first-order chi connectivity index (χ1) is 10.9. The van der Waals surface area contributed by atoms with Crippen LogP contribution in [0.15, 0.2) is 0 Å². The van der Waals surface area contributed by atoms with Crippen molar-refractivity contribution in [1.29, 1.82) is 0 Å². The third-order valence-electron chi connectivity index (χ3n) is 6.49. The van der Waals surface area contributed by atoms with Crippen LogP contribution in [-0.2, 0) is 18.7 Å². The second-order valence-electron chi connectivity index (χ2n) is 9.60. The van der Waals surface area contributed by atoms with Crippen molar-refractivity contribution in [3.63, 3.8) is 0 Å². The van der Waals surface area contributed by atoms with Crippen LogP contribution in [0.4, 0.5) is 0 Å². The van der Waals surface area contributed by atoms with Crippen LogP contribution in [0.5, 0.6) is 0 Å². The molecule has 0 aromatic heterocycles. The van der Waals surface area contributed by atoms with Crippen molar-refractivity contribution in [2.24, 2.45) is 17.8 Å². The molecular weight excluding hydrogens is 320 g/mol. The molecule has 0 N–H and O–H groups in total. The van der Waals surface area contributed by atoms with Crippen LogP contribution < -0.4 is 0 Å². The van der Waals surface area contributed by atoms with Crippen molar-refractivity contribution < 1.29 is 18.7 Å². The fourth-order valence-corrected chi connectivity index (χ4v) is 5.12. The van der Waals surface area contributed by atoms with Crippen LogP contribution >= 0.6 is 0 Å². The molecule has 0 saturated heterocycles. The van der Waals surface area contributed by atoms with Gasteiger partial charge in [0, 0.05) is 25.9 Å². The molecule has 2 fully saturated rings. The maximum atomic E-state index is 11.9. The van der Waals surface area contributed by atoms with Gasteiger partial charge in [-0.25, -0.2) is 0 Å². The quantitative estimate of drug-likeness (QED) is 0.523. The van der Waals surface area contributed by atoms with Crippen molar-refractivity contribution in [3.05, 3.63) is 0 Å². The summed E-state index contributed by atoms with van der Waals surface area (Å²) < 4.78 is 18.2. The minimum Gasteiger partial charge on any atom is -0.414 e. The Balaban J connectivity index is 2.12. The standard InChI is InChI=1S/C19H36O4Si/c1-18(2,3)24(7,8)23-17-10-13-9-14(20)11-15(13)16(17)12-22-19(4,5)21-6/h13,15-17H,9-12H2,1-8H3/t13-,15-,16?,17?/m1/s1. The summed E-state index contributed by atoms with van der Waals surface area (Å²) in [5.74, 6) is 1.01. The molecule has 0 bridgehead atoms. The Morgan fingerprint density at radius 1 is 1.12 bits per heavy atom. The van der Waals surface area contributed by atoms with Crippen LogP contribution in [0, 0.1) is 17.8 Å². The molecule has 0 heterocycles. The molecular formula is C19H36O4Si. The zero-order valence-electron chi connectivity index (χ0n) is 16.8. The maximum Gasteiger partial charge on any atom is 0.192 e. The lowest BCUT2D eigenvalue weighted by Gasteiger charge is -2.40. The highest BCUT2D eigenvalue weighted by Gasteiger charge is 2.51. The van der Waals surface area contributed by atoms with Crippen LogP contribution in [0.25, 0.3) is 0 Å². The molecule has 5 heteroatoms. The molecule has 0 amide bonds. The van der Waals surface area contributed by atoms with Gasteiger partial charge < -0.3 is 13.9 Å². The zero-order valence-corrected chi connectivity index (χ0v) is 17.8. The smallest absolute Gasteiger partial charge is 0.192 e. The van der Waals surface area contributed by atoms with E-state index in [1.807, 2.05) is 13.8 Å². The molecule has 24 heavy (non-hydrogen) atoms. The Bertz CT molecular complexity index is 466. The van der Waals surface area contributed by atoms with Gasteiger partial charge in [-0.15, -0.1) is 0 Å². The zero-order chi connectivity index (χ0) is 18.3. The van der Waals surface area contributed by atoms with Gasteiger partial charge in [-0.1, -0.05) is 20.8 Å². The van der Waals surface area contributed by atoms with E-state index in [1.165, 1.54) is 0 Å². The van der Waals surface area contributed by atoms with E-state index in [0.29, 0.717) is 36.6 Å². The molecule has 2 unspecified atom stereocenters. The van der Waals surface area contributed by atoms with Gasteiger partial charge in [-0.3, -0.25) is 4.79 Å². The van der Waals surface area contributed by atoms with E-state index in [9.17, 15) is 4.79 Å². The van der Waals surface area contributed by atoms with Gasteiger partial charge in [0.25, 0.3) is 0 Å². The van der Waals surface area contributed by atoms with E-state index in [0.717, 1.165) is 12.8 Å². The van der Waals surface area contributed by atoms with Crippen LogP contribution in [-0.4, -0.2) is 39.7 Å². The lowest BCUT2D eigenvalue weighted by atomic mass is 9.92. The predicted molar refractivity (Wildman–Crippen MR) is 98.4 cm³/mol. The first kappa shape index (κ1) is 20.1. The highest BCUT2D eigenvalue weighted by atomic mass is 28.4. The van der Waals surface area contributed by atoms with Gasteiger partial charge in [0.2, 0.25) is 0 Å². The lowest BCUT2D eigenvalue weighted by Crippen LogP contribution is -2.46. The number of Topliss-reactive ketones (excluding diaryl/α,β-unsaturated/α-hetero) is 1. The molecule has 2 aliphatic rings. The van der Waals surface area contributed by atoms with Gasteiger partial charge in [-0.05, 0) is 50.2 Å². The summed E-state index contributed by atoms with van der Waals surface area (Å²) >= 11 is 0. The SMILES string of the molecule is COC(C)(C)OCC1C(O[Si](C)(C)C(C)(C)C)C[C@H]2CC(=O)C[C@@H]12. The summed E-state index contributed by atoms with van der Waals surface area (Å²) in [6, 6.07) is 0. The third-order valence-corrected chi connectivity index (χ3v) is 11.0. The van der Waals surface area contributed by atoms with Crippen molar-refractivity contribution in [1.82, 2.24) is 0 Å². The first-order valence-corrected chi connectivity index (χ1v) is 12.2. The van der Waals surface area contributed by atoms with Gasteiger partial charge in [0.05, 0.1) is 12.7 Å². The number of carbonyl (C=O) groups excluding carboxylic acids is 1. The summed E-state index contributed by atoms with van der Waals surface area (Å²) in [5, 5.41) is 0.192. The fraction of sp³-hybridized carbons (Fsp3) is 0.947. The topological polar surface area (TPSA) is 44.8 Å². The average molecular weight is 357 g/mol. The molecule has 4 nitrogen and oxygen atoms in total. The maximum absolute atomic E-state index is 11.9. The van der Waals surface area contributed by atoms with Crippen molar-refractivity contribution >= 4 is 14.1 Å². The Hall–Kier alpha value is -0.233. The molecule has 2 saturated carbocycles. The second-order valence-corrected chi connectivity index (χ2v) is 14.4. The number of hydrogen-bond donors (Lipinski definition) is 0. The predicted octanol–water partition coefficient (Wildman–Crippen LogP) is 4.39. The van der Waals surface area contributed by atoms with Gasteiger partial charge in [-0.2, -0.15) is 0 Å². The first-order valence-electron chi connectivity index (χ1n) is 9.25. The van der Waals surface area contributed by atoms with E-state index in [2.05, 4.69) is 33.9 Å². The minimum atomic E-state index is -1.83. The van der Waals surface area contributed by atoms with E-state index in [-0.39, 0.29) is 11.1 Å². The van der Waals surface area contributed by atoms with E-state index < -0.39 is 14.1 Å². The Kier molecular flexibility index (Phi) is 5.71. The number of carbonyl (C=O) groups is 1. The highest BCUT2D eigenvalue weighted by molar-refractivity contribution is 6.74. The number of fused-ring (bicyclic) bond motifs is 1. The Morgan fingerprint density at radius 2 is 1.75 bits per heavy atom. The number of rotatable bonds is 6. The largest absolute Gasteiger partial charge is 0.414 e. The van der Waals surface area contributed by atoms with Crippen LogP contribution in [0.1, 0.15) is 53.9 Å². The monoisotopic (exact) mass is 356 g/mol. The van der Waals surface area contributed by atoms with Crippen molar-refractivity contribution in [2.45, 2.75) is 83.9 Å². The number of ketones is 1. The molecule has 2 rings (SSSR count). The molecule has 2 aliphatic carbocycles. The highest BCUT2D eigenvalue weighted by Crippen LogP contribution is 2.50.